The van der Waals surface area contributed by atoms with E-state index in [1.165, 1.54) is 4.31 Å². The highest BCUT2D eigenvalue weighted by atomic mass is 32.2. The second-order valence-corrected chi connectivity index (χ2v) is 7.31. The Morgan fingerprint density at radius 3 is 2.00 bits per heavy atom. The van der Waals surface area contributed by atoms with Crippen molar-refractivity contribution in [2.75, 3.05) is 13.1 Å². The molecule has 1 saturated heterocycles. The first-order valence-corrected chi connectivity index (χ1v) is 7.69. The first-order valence-electron chi connectivity index (χ1n) is 6.25. The van der Waals surface area contributed by atoms with E-state index in [2.05, 4.69) is 0 Å². The van der Waals surface area contributed by atoms with Crippen molar-refractivity contribution in [3.63, 3.8) is 0 Å². The Hall–Kier alpha value is -1.01. The maximum atomic E-state index is 13.2. The quantitative estimate of drug-likeness (QED) is 0.839. The summed E-state index contributed by atoms with van der Waals surface area (Å²) >= 11 is 0. The van der Waals surface area contributed by atoms with Crippen LogP contribution in [0.1, 0.15) is 20.3 Å². The van der Waals surface area contributed by atoms with Crippen LogP contribution in [0.4, 0.5) is 8.78 Å². The molecule has 0 radical (unpaired) electrons. The summed E-state index contributed by atoms with van der Waals surface area (Å²) in [6.07, 6.45) is 0.962. The standard InChI is InChI=1S/C13H17F2NO2S/c1-9-3-10(2)8-16(7-9)19(17,18)13-5-11(14)4-12(15)6-13/h4-6,9-10H,3,7-8H2,1-2H3. The Balaban J connectivity index is 2.36. The summed E-state index contributed by atoms with van der Waals surface area (Å²) in [5.41, 5.74) is 0. The van der Waals surface area contributed by atoms with Crippen molar-refractivity contribution >= 4 is 10.0 Å². The first-order chi connectivity index (χ1) is 8.79. The summed E-state index contributed by atoms with van der Waals surface area (Å²) in [5.74, 6) is -1.26. The third-order valence-corrected chi connectivity index (χ3v) is 5.12. The van der Waals surface area contributed by atoms with Gasteiger partial charge in [0.05, 0.1) is 4.90 Å². The van der Waals surface area contributed by atoms with Crippen molar-refractivity contribution in [2.24, 2.45) is 11.8 Å². The van der Waals surface area contributed by atoms with Crippen LogP contribution in [0, 0.1) is 23.5 Å². The average Bonchev–Trinajstić information content (AvgIpc) is 2.26. The molecular weight excluding hydrogens is 272 g/mol. The van der Waals surface area contributed by atoms with Crippen molar-refractivity contribution in [3.05, 3.63) is 29.8 Å². The Labute approximate surface area is 112 Å². The highest BCUT2D eigenvalue weighted by Gasteiger charge is 2.32. The van der Waals surface area contributed by atoms with Crippen LogP contribution in [0.3, 0.4) is 0 Å². The fraction of sp³-hybridized carbons (Fsp3) is 0.538. The molecule has 0 amide bonds. The van der Waals surface area contributed by atoms with Crippen LogP contribution < -0.4 is 0 Å². The molecule has 19 heavy (non-hydrogen) atoms. The molecule has 0 aliphatic carbocycles. The number of nitrogens with zero attached hydrogens (tertiary/aromatic N) is 1. The van der Waals surface area contributed by atoms with Gasteiger partial charge in [0.1, 0.15) is 11.6 Å². The van der Waals surface area contributed by atoms with Crippen LogP contribution in [-0.2, 0) is 10.0 Å². The van der Waals surface area contributed by atoms with Crippen LogP contribution in [0.5, 0.6) is 0 Å². The normalized spacial score (nSPS) is 25.5. The van der Waals surface area contributed by atoms with Gasteiger partial charge in [0.25, 0.3) is 0 Å². The van der Waals surface area contributed by atoms with E-state index in [4.69, 9.17) is 0 Å². The molecule has 2 atom stereocenters. The highest BCUT2D eigenvalue weighted by Crippen LogP contribution is 2.27. The molecular formula is C13H17F2NO2S. The minimum atomic E-state index is -3.82. The lowest BCUT2D eigenvalue weighted by atomic mass is 9.94. The van der Waals surface area contributed by atoms with Gasteiger partial charge in [-0.15, -0.1) is 0 Å². The summed E-state index contributed by atoms with van der Waals surface area (Å²) in [6, 6.07) is 2.39. The molecule has 0 aromatic heterocycles. The van der Waals surface area contributed by atoms with E-state index in [1.54, 1.807) is 0 Å². The Morgan fingerprint density at radius 1 is 1.05 bits per heavy atom. The molecule has 2 rings (SSSR count). The van der Waals surface area contributed by atoms with Gasteiger partial charge in [-0.2, -0.15) is 4.31 Å². The Kier molecular flexibility index (Phi) is 3.92. The maximum absolute atomic E-state index is 13.2. The smallest absolute Gasteiger partial charge is 0.207 e. The van der Waals surface area contributed by atoms with Gasteiger partial charge >= 0.3 is 0 Å². The first kappa shape index (κ1) is 14.4. The van der Waals surface area contributed by atoms with Crippen LogP contribution >= 0.6 is 0 Å². The fourth-order valence-corrected chi connectivity index (χ4v) is 4.35. The van der Waals surface area contributed by atoms with E-state index in [0.717, 1.165) is 18.6 Å². The van der Waals surface area contributed by atoms with Gasteiger partial charge < -0.3 is 0 Å². The van der Waals surface area contributed by atoms with Crippen molar-refractivity contribution in [1.29, 1.82) is 0 Å². The zero-order valence-electron chi connectivity index (χ0n) is 10.9. The summed E-state index contributed by atoms with van der Waals surface area (Å²) in [7, 11) is -3.82. The summed E-state index contributed by atoms with van der Waals surface area (Å²) in [6.45, 7) is 4.74. The molecule has 1 fully saturated rings. The SMILES string of the molecule is CC1CC(C)CN(S(=O)(=O)c2cc(F)cc(F)c2)C1. The molecule has 0 spiro atoms. The van der Waals surface area contributed by atoms with E-state index >= 15 is 0 Å². The van der Waals surface area contributed by atoms with E-state index in [9.17, 15) is 17.2 Å². The largest absolute Gasteiger partial charge is 0.243 e. The summed E-state index contributed by atoms with van der Waals surface area (Å²) in [4.78, 5) is -0.314. The monoisotopic (exact) mass is 289 g/mol. The van der Waals surface area contributed by atoms with Crippen LogP contribution in [0.25, 0.3) is 0 Å². The molecule has 2 unspecified atom stereocenters. The lowest BCUT2D eigenvalue weighted by Crippen LogP contribution is -2.42. The number of benzene rings is 1. The van der Waals surface area contributed by atoms with Crippen molar-refractivity contribution in [2.45, 2.75) is 25.2 Å². The number of hydrogen-bond donors (Lipinski definition) is 0. The minimum absolute atomic E-state index is 0.247. The van der Waals surface area contributed by atoms with E-state index in [0.29, 0.717) is 19.2 Å². The molecule has 1 aromatic carbocycles. The van der Waals surface area contributed by atoms with Gasteiger partial charge in [0.15, 0.2) is 0 Å². The van der Waals surface area contributed by atoms with E-state index in [-0.39, 0.29) is 16.7 Å². The number of rotatable bonds is 2. The van der Waals surface area contributed by atoms with Crippen LogP contribution in [0.2, 0.25) is 0 Å². The van der Waals surface area contributed by atoms with Crippen molar-refractivity contribution in [1.82, 2.24) is 4.31 Å². The average molecular weight is 289 g/mol. The summed E-state index contributed by atoms with van der Waals surface area (Å²) in [5, 5.41) is 0. The maximum Gasteiger partial charge on any atom is 0.243 e. The van der Waals surface area contributed by atoms with Gasteiger partial charge in [-0.3, -0.25) is 0 Å². The van der Waals surface area contributed by atoms with Gasteiger partial charge in [0, 0.05) is 19.2 Å². The zero-order valence-corrected chi connectivity index (χ0v) is 11.8. The highest BCUT2D eigenvalue weighted by molar-refractivity contribution is 7.89. The predicted octanol–water partition coefficient (Wildman–Crippen LogP) is 2.63. The zero-order chi connectivity index (χ0) is 14.2. The second-order valence-electron chi connectivity index (χ2n) is 5.37. The molecule has 1 heterocycles. The minimum Gasteiger partial charge on any atom is -0.207 e. The molecule has 1 aliphatic heterocycles. The molecule has 0 bridgehead atoms. The third kappa shape index (κ3) is 3.12. The fourth-order valence-electron chi connectivity index (χ4n) is 2.63. The van der Waals surface area contributed by atoms with Crippen molar-refractivity contribution in [3.8, 4) is 0 Å². The molecule has 106 valence electrons. The predicted molar refractivity (Wildman–Crippen MR) is 68.1 cm³/mol. The number of halogens is 2. The number of hydrogen-bond acceptors (Lipinski definition) is 2. The number of piperidine rings is 1. The van der Waals surface area contributed by atoms with E-state index in [1.807, 2.05) is 13.8 Å². The molecule has 0 N–H and O–H groups in total. The van der Waals surface area contributed by atoms with Crippen LogP contribution in [-0.4, -0.2) is 25.8 Å². The lowest BCUT2D eigenvalue weighted by Gasteiger charge is -2.34. The molecule has 6 heteroatoms. The van der Waals surface area contributed by atoms with E-state index < -0.39 is 21.7 Å². The summed E-state index contributed by atoms with van der Waals surface area (Å²) < 4.78 is 52.4. The lowest BCUT2D eigenvalue weighted by molar-refractivity contribution is 0.222. The molecule has 1 aromatic rings. The van der Waals surface area contributed by atoms with Gasteiger partial charge in [0.2, 0.25) is 10.0 Å². The second kappa shape index (κ2) is 5.17. The Bertz CT molecular complexity index is 544. The van der Waals surface area contributed by atoms with Crippen molar-refractivity contribution < 1.29 is 17.2 Å². The Morgan fingerprint density at radius 2 is 1.53 bits per heavy atom. The van der Waals surface area contributed by atoms with Crippen LogP contribution in [0.15, 0.2) is 23.1 Å². The third-order valence-electron chi connectivity index (χ3n) is 3.31. The van der Waals surface area contributed by atoms with Gasteiger partial charge in [-0.05, 0) is 30.4 Å². The number of sulfonamides is 1. The molecule has 1 aliphatic rings. The van der Waals surface area contributed by atoms with Gasteiger partial charge in [-0.25, -0.2) is 17.2 Å². The topological polar surface area (TPSA) is 37.4 Å². The molecule has 3 nitrogen and oxygen atoms in total. The molecule has 0 saturated carbocycles. The van der Waals surface area contributed by atoms with Gasteiger partial charge in [-0.1, -0.05) is 13.8 Å².